The van der Waals surface area contributed by atoms with Crippen LogP contribution in [0.4, 0.5) is 8.78 Å². The molecule has 0 spiro atoms. The van der Waals surface area contributed by atoms with Crippen LogP contribution in [0.5, 0.6) is 0 Å². The van der Waals surface area contributed by atoms with Crippen molar-refractivity contribution in [3.05, 3.63) is 65.2 Å². The van der Waals surface area contributed by atoms with E-state index >= 15 is 0 Å². The first-order chi connectivity index (χ1) is 13.9. The van der Waals surface area contributed by atoms with Crippen LogP contribution in [0.15, 0.2) is 47.4 Å². The molecule has 1 saturated carbocycles. The fourth-order valence-corrected chi connectivity index (χ4v) is 5.00. The summed E-state index contributed by atoms with van der Waals surface area (Å²) in [5.41, 5.74) is 2.44. The van der Waals surface area contributed by atoms with E-state index in [4.69, 9.17) is 0 Å². The summed E-state index contributed by atoms with van der Waals surface area (Å²) in [6.45, 7) is -0.0995. The SMILES string of the molecule is O=C(CCNS(=O)(=O)c1ccc(F)c(F)c1)N(C1CC1)C1CCc2ccccc21. The Balaban J connectivity index is 1.41. The molecule has 4 rings (SSSR count). The Morgan fingerprint density at radius 2 is 1.83 bits per heavy atom. The number of nitrogens with zero attached hydrogens (tertiary/aromatic N) is 1. The molecule has 154 valence electrons. The summed E-state index contributed by atoms with van der Waals surface area (Å²) in [7, 11) is -4.02. The molecule has 1 atom stereocenters. The number of halogens is 2. The zero-order chi connectivity index (χ0) is 20.6. The van der Waals surface area contributed by atoms with Gasteiger partial charge in [-0.2, -0.15) is 0 Å². The lowest BCUT2D eigenvalue weighted by Gasteiger charge is -2.30. The molecule has 2 aliphatic carbocycles. The minimum absolute atomic E-state index is 0.0120. The van der Waals surface area contributed by atoms with Crippen LogP contribution in [0.25, 0.3) is 0 Å². The van der Waals surface area contributed by atoms with Crippen LogP contribution in [-0.2, 0) is 21.2 Å². The molecule has 0 radical (unpaired) electrons. The standard InChI is InChI=1S/C21H22F2N2O3S/c22-18-9-8-16(13-19(18)23)29(27,28)24-12-11-21(26)25(15-6-7-15)20-10-5-14-3-1-2-4-17(14)20/h1-4,8-9,13,15,20,24H,5-7,10-12H2. The van der Waals surface area contributed by atoms with Crippen molar-refractivity contribution in [2.45, 2.75) is 49.1 Å². The highest BCUT2D eigenvalue weighted by Gasteiger charge is 2.40. The van der Waals surface area contributed by atoms with E-state index in [0.29, 0.717) is 6.07 Å². The third-order valence-corrected chi connectivity index (χ3v) is 6.96. The van der Waals surface area contributed by atoms with Gasteiger partial charge in [0.15, 0.2) is 11.6 Å². The highest BCUT2D eigenvalue weighted by atomic mass is 32.2. The second-order valence-electron chi connectivity index (χ2n) is 7.51. The van der Waals surface area contributed by atoms with E-state index in [1.165, 1.54) is 11.1 Å². The quantitative estimate of drug-likeness (QED) is 0.747. The predicted octanol–water partition coefficient (Wildman–Crippen LogP) is 3.31. The van der Waals surface area contributed by atoms with E-state index < -0.39 is 21.7 Å². The molecule has 29 heavy (non-hydrogen) atoms. The maximum absolute atomic E-state index is 13.3. The Kier molecular flexibility index (Phi) is 5.40. The van der Waals surface area contributed by atoms with Crippen molar-refractivity contribution in [1.82, 2.24) is 9.62 Å². The molecule has 0 heterocycles. The minimum Gasteiger partial charge on any atom is -0.333 e. The van der Waals surface area contributed by atoms with Crippen molar-refractivity contribution in [3.8, 4) is 0 Å². The van der Waals surface area contributed by atoms with Crippen LogP contribution in [0.1, 0.15) is 42.9 Å². The molecule has 1 fully saturated rings. The number of rotatable bonds is 7. The van der Waals surface area contributed by atoms with E-state index in [1.807, 2.05) is 17.0 Å². The van der Waals surface area contributed by atoms with Crippen molar-refractivity contribution >= 4 is 15.9 Å². The third-order valence-electron chi connectivity index (χ3n) is 5.50. The monoisotopic (exact) mass is 420 g/mol. The summed E-state index contributed by atoms with van der Waals surface area (Å²) in [4.78, 5) is 14.5. The molecule has 0 aromatic heterocycles. The first-order valence-corrected chi connectivity index (χ1v) is 11.2. The Morgan fingerprint density at radius 3 is 2.55 bits per heavy atom. The van der Waals surface area contributed by atoms with Gasteiger partial charge in [-0.25, -0.2) is 21.9 Å². The highest BCUT2D eigenvalue weighted by molar-refractivity contribution is 7.89. The molecule has 0 saturated heterocycles. The lowest BCUT2D eigenvalue weighted by Crippen LogP contribution is -2.38. The number of aryl methyl sites for hydroxylation is 1. The lowest BCUT2D eigenvalue weighted by molar-refractivity contribution is -0.134. The van der Waals surface area contributed by atoms with Crippen LogP contribution in [0.2, 0.25) is 0 Å². The van der Waals surface area contributed by atoms with Crippen LogP contribution in [0, 0.1) is 11.6 Å². The van der Waals surface area contributed by atoms with Crippen molar-refractivity contribution in [2.24, 2.45) is 0 Å². The van der Waals surface area contributed by atoms with Gasteiger partial charge in [0.05, 0.1) is 10.9 Å². The summed E-state index contributed by atoms with van der Waals surface area (Å²) < 4.78 is 53.2. The number of amides is 1. The number of fused-ring (bicyclic) bond motifs is 1. The van der Waals surface area contributed by atoms with Crippen LogP contribution >= 0.6 is 0 Å². The number of sulfonamides is 1. The van der Waals surface area contributed by atoms with Gasteiger partial charge in [0, 0.05) is 19.0 Å². The first kappa shape index (κ1) is 20.0. The average molecular weight is 420 g/mol. The summed E-state index contributed by atoms with van der Waals surface area (Å²) in [5, 5.41) is 0. The maximum atomic E-state index is 13.3. The van der Waals surface area contributed by atoms with E-state index in [2.05, 4.69) is 16.9 Å². The van der Waals surface area contributed by atoms with E-state index in [-0.39, 0.29) is 35.9 Å². The molecular formula is C21H22F2N2O3S. The number of hydrogen-bond acceptors (Lipinski definition) is 3. The van der Waals surface area contributed by atoms with Crippen LogP contribution in [0.3, 0.4) is 0 Å². The molecule has 8 heteroatoms. The molecule has 2 aliphatic rings. The second kappa shape index (κ2) is 7.84. The predicted molar refractivity (Wildman–Crippen MR) is 104 cm³/mol. The molecule has 1 N–H and O–H groups in total. The zero-order valence-corrected chi connectivity index (χ0v) is 16.6. The normalized spacial score (nSPS) is 18.5. The highest BCUT2D eigenvalue weighted by Crippen LogP contribution is 2.42. The minimum atomic E-state index is -4.02. The topological polar surface area (TPSA) is 66.5 Å². The summed E-state index contributed by atoms with van der Waals surface area (Å²) >= 11 is 0. The van der Waals surface area contributed by atoms with Gasteiger partial charge in [-0.05, 0) is 55.0 Å². The summed E-state index contributed by atoms with van der Waals surface area (Å²) in [6, 6.07) is 10.7. The Labute approximate surface area is 168 Å². The zero-order valence-electron chi connectivity index (χ0n) is 15.8. The number of nitrogens with one attached hydrogen (secondary N) is 1. The summed E-state index contributed by atoms with van der Waals surface area (Å²) in [6.07, 6.45) is 3.75. The van der Waals surface area contributed by atoms with Crippen LogP contribution < -0.4 is 4.72 Å². The second-order valence-corrected chi connectivity index (χ2v) is 9.28. The van der Waals surface area contributed by atoms with Gasteiger partial charge in [-0.15, -0.1) is 0 Å². The van der Waals surface area contributed by atoms with Gasteiger partial charge in [0.1, 0.15) is 0 Å². The summed E-state index contributed by atoms with van der Waals surface area (Å²) in [5.74, 6) is -2.44. The number of carbonyl (C=O) groups excluding carboxylic acids is 1. The molecule has 1 amide bonds. The van der Waals surface area contributed by atoms with Gasteiger partial charge in [-0.3, -0.25) is 4.79 Å². The van der Waals surface area contributed by atoms with Gasteiger partial charge < -0.3 is 4.90 Å². The number of hydrogen-bond donors (Lipinski definition) is 1. The molecule has 0 bridgehead atoms. The van der Waals surface area contributed by atoms with Crippen molar-refractivity contribution in [3.63, 3.8) is 0 Å². The van der Waals surface area contributed by atoms with Gasteiger partial charge >= 0.3 is 0 Å². The third kappa shape index (κ3) is 4.18. The van der Waals surface area contributed by atoms with E-state index in [0.717, 1.165) is 37.8 Å². The van der Waals surface area contributed by atoms with Crippen molar-refractivity contribution in [2.75, 3.05) is 6.54 Å². The molecule has 1 unspecified atom stereocenters. The fourth-order valence-electron chi connectivity index (χ4n) is 3.96. The average Bonchev–Trinajstić information content (AvgIpc) is 3.43. The maximum Gasteiger partial charge on any atom is 0.240 e. The Morgan fingerprint density at radius 1 is 1.07 bits per heavy atom. The smallest absolute Gasteiger partial charge is 0.240 e. The molecule has 2 aromatic carbocycles. The molecular weight excluding hydrogens is 398 g/mol. The first-order valence-electron chi connectivity index (χ1n) is 9.70. The largest absolute Gasteiger partial charge is 0.333 e. The Hall–Kier alpha value is -2.32. The van der Waals surface area contributed by atoms with Gasteiger partial charge in [0.25, 0.3) is 0 Å². The van der Waals surface area contributed by atoms with Crippen LogP contribution in [-0.4, -0.2) is 31.8 Å². The fraction of sp³-hybridized carbons (Fsp3) is 0.381. The van der Waals surface area contributed by atoms with Crippen molar-refractivity contribution in [1.29, 1.82) is 0 Å². The van der Waals surface area contributed by atoms with E-state index in [1.54, 1.807) is 0 Å². The molecule has 0 aliphatic heterocycles. The number of benzene rings is 2. The Bertz CT molecular complexity index is 1040. The van der Waals surface area contributed by atoms with Gasteiger partial charge in [0.2, 0.25) is 15.9 Å². The van der Waals surface area contributed by atoms with Gasteiger partial charge in [-0.1, -0.05) is 24.3 Å². The van der Waals surface area contributed by atoms with Crippen molar-refractivity contribution < 1.29 is 22.0 Å². The molecule has 5 nitrogen and oxygen atoms in total. The lowest BCUT2D eigenvalue weighted by atomic mass is 10.1. The van der Waals surface area contributed by atoms with E-state index in [9.17, 15) is 22.0 Å². The number of carbonyl (C=O) groups is 1. The molecule has 2 aromatic rings.